The van der Waals surface area contributed by atoms with Crippen LogP contribution in [0.4, 0.5) is 10.6 Å². The van der Waals surface area contributed by atoms with E-state index in [1.165, 1.54) is 0 Å². The van der Waals surface area contributed by atoms with E-state index in [9.17, 15) is 9.59 Å². The van der Waals surface area contributed by atoms with Crippen LogP contribution in [0.25, 0.3) is 0 Å². The molecule has 1 N–H and O–H groups in total. The summed E-state index contributed by atoms with van der Waals surface area (Å²) < 4.78 is 5.26. The largest absolute Gasteiger partial charge is 0.497 e. The van der Waals surface area contributed by atoms with E-state index >= 15 is 0 Å². The molecule has 2 aliphatic rings. The minimum absolute atomic E-state index is 0.124. The van der Waals surface area contributed by atoms with Gasteiger partial charge in [-0.05, 0) is 49.1 Å². The van der Waals surface area contributed by atoms with Gasteiger partial charge in [-0.3, -0.25) is 4.79 Å². The molecule has 2 aromatic heterocycles. The highest BCUT2D eigenvalue weighted by Crippen LogP contribution is 2.31. The Hall–Kier alpha value is -3.66. The lowest BCUT2D eigenvalue weighted by Gasteiger charge is -2.39. The molecule has 0 bridgehead atoms. The number of thiazole rings is 1. The number of nitrogens with zero attached hydrogens (tertiary/aromatic N) is 5. The van der Waals surface area contributed by atoms with Crippen LogP contribution in [0.2, 0.25) is 0 Å². The Labute approximate surface area is 227 Å². The number of urea groups is 1. The van der Waals surface area contributed by atoms with Gasteiger partial charge in [0.1, 0.15) is 17.3 Å². The van der Waals surface area contributed by atoms with Crippen LogP contribution in [0.1, 0.15) is 39.8 Å². The predicted octanol–water partition coefficient (Wildman–Crippen LogP) is 3.64. The summed E-state index contributed by atoms with van der Waals surface area (Å²) in [4.78, 5) is 41.0. The third-order valence-electron chi connectivity index (χ3n) is 7.23. The van der Waals surface area contributed by atoms with Gasteiger partial charge in [0.15, 0.2) is 0 Å². The van der Waals surface area contributed by atoms with Crippen LogP contribution in [-0.2, 0) is 6.42 Å². The van der Waals surface area contributed by atoms with Crippen LogP contribution in [0.5, 0.6) is 5.75 Å². The number of piperazine rings is 1. The molecule has 0 atom stereocenters. The molecule has 2 saturated heterocycles. The van der Waals surface area contributed by atoms with E-state index in [4.69, 9.17) is 4.74 Å². The number of anilines is 1. The molecule has 38 heavy (non-hydrogen) atoms. The monoisotopic (exact) mass is 534 g/mol. The number of hydrogen-bond acceptors (Lipinski definition) is 7. The van der Waals surface area contributed by atoms with Crippen molar-refractivity contribution in [3.8, 4) is 5.75 Å². The summed E-state index contributed by atoms with van der Waals surface area (Å²) in [7, 11) is 1.65. The Bertz CT molecular complexity index is 1220. The zero-order valence-electron chi connectivity index (χ0n) is 21.7. The lowest BCUT2D eigenvalue weighted by molar-refractivity contribution is 0.0949. The van der Waals surface area contributed by atoms with Crippen LogP contribution in [0, 0.1) is 0 Å². The lowest BCUT2D eigenvalue weighted by atomic mass is 9.98. The number of carbonyl (C=O) groups excluding carboxylic acids is 2. The molecule has 0 spiro atoms. The number of amides is 3. The summed E-state index contributed by atoms with van der Waals surface area (Å²) in [6.45, 7) is 4.97. The van der Waals surface area contributed by atoms with Gasteiger partial charge in [-0.1, -0.05) is 18.2 Å². The van der Waals surface area contributed by atoms with Crippen molar-refractivity contribution >= 4 is 29.1 Å². The topological polar surface area (TPSA) is 90.9 Å². The molecule has 2 aliphatic heterocycles. The van der Waals surface area contributed by atoms with Crippen LogP contribution in [0.15, 0.2) is 54.0 Å². The predicted molar refractivity (Wildman–Crippen MR) is 148 cm³/mol. The summed E-state index contributed by atoms with van der Waals surface area (Å²) >= 11 is 1.54. The molecule has 0 aliphatic carbocycles. The summed E-state index contributed by atoms with van der Waals surface area (Å²) in [5.41, 5.74) is 1.58. The summed E-state index contributed by atoms with van der Waals surface area (Å²) in [5, 5.41) is 5.80. The molecule has 5 rings (SSSR count). The molecule has 0 saturated carbocycles. The second kappa shape index (κ2) is 12.3. The molecule has 0 radical (unpaired) electrons. The number of aromatic nitrogens is 2. The first-order valence-corrected chi connectivity index (χ1v) is 14.0. The summed E-state index contributed by atoms with van der Waals surface area (Å²) in [6.07, 6.45) is 4.26. The first kappa shape index (κ1) is 26.0. The van der Waals surface area contributed by atoms with Crippen LogP contribution < -0.4 is 15.0 Å². The van der Waals surface area contributed by atoms with Gasteiger partial charge in [0, 0.05) is 63.3 Å². The van der Waals surface area contributed by atoms with Gasteiger partial charge in [-0.2, -0.15) is 0 Å². The van der Waals surface area contributed by atoms with Gasteiger partial charge >= 0.3 is 6.03 Å². The minimum atomic E-state index is -0.146. The quantitative estimate of drug-likeness (QED) is 0.498. The van der Waals surface area contributed by atoms with Gasteiger partial charge in [-0.15, -0.1) is 11.3 Å². The summed E-state index contributed by atoms with van der Waals surface area (Å²) in [6, 6.07) is 13.9. The normalized spacial score (nSPS) is 16.4. The minimum Gasteiger partial charge on any atom is -0.497 e. The van der Waals surface area contributed by atoms with Gasteiger partial charge in [0.05, 0.1) is 12.1 Å². The molecule has 0 unspecified atom stereocenters. The van der Waals surface area contributed by atoms with Crippen molar-refractivity contribution in [2.24, 2.45) is 0 Å². The SMILES string of the molecule is COc1cccc(CCNC(=O)c2csc(C3CCN(C(=O)N4CCN(c5ccccn5)CC4)CC3)n2)c1. The second-order valence-corrected chi connectivity index (χ2v) is 10.5. The molecule has 2 fully saturated rings. The number of piperidine rings is 1. The standard InChI is InChI=1S/C28H34N6O3S/c1-37-23-6-4-5-21(19-23)8-12-30-26(35)24-20-38-27(31-24)22-9-13-33(14-10-22)28(36)34-17-15-32(16-18-34)25-7-2-3-11-29-25/h2-7,11,19-20,22H,8-10,12-18H2,1H3,(H,30,35). The van der Waals surface area contributed by atoms with E-state index in [1.807, 2.05) is 57.6 Å². The van der Waals surface area contributed by atoms with Crippen molar-refractivity contribution in [2.45, 2.75) is 25.2 Å². The van der Waals surface area contributed by atoms with Crippen molar-refractivity contribution in [1.82, 2.24) is 25.1 Å². The number of carbonyl (C=O) groups is 2. The van der Waals surface area contributed by atoms with E-state index in [0.717, 1.165) is 54.5 Å². The number of ether oxygens (including phenoxy) is 1. The van der Waals surface area contributed by atoms with E-state index < -0.39 is 0 Å². The third-order valence-corrected chi connectivity index (χ3v) is 8.23. The maximum Gasteiger partial charge on any atom is 0.320 e. The molecule has 3 amide bonds. The van der Waals surface area contributed by atoms with Gasteiger partial charge in [0.2, 0.25) is 0 Å². The zero-order chi connectivity index (χ0) is 26.3. The first-order chi connectivity index (χ1) is 18.6. The number of pyridine rings is 1. The Balaban J connectivity index is 1.05. The highest BCUT2D eigenvalue weighted by atomic mass is 32.1. The lowest BCUT2D eigenvalue weighted by Crippen LogP contribution is -2.54. The smallest absolute Gasteiger partial charge is 0.320 e. The van der Waals surface area contributed by atoms with E-state index in [-0.39, 0.29) is 17.9 Å². The fraction of sp³-hybridized carbons (Fsp3) is 0.429. The molecule has 9 nitrogen and oxygen atoms in total. The zero-order valence-corrected chi connectivity index (χ0v) is 22.5. The molecular formula is C28H34N6O3S. The Morgan fingerprint density at radius 3 is 2.55 bits per heavy atom. The van der Waals surface area contributed by atoms with Crippen molar-refractivity contribution in [3.63, 3.8) is 0 Å². The molecule has 200 valence electrons. The molecule has 10 heteroatoms. The van der Waals surface area contributed by atoms with Gasteiger partial charge in [-0.25, -0.2) is 14.8 Å². The van der Waals surface area contributed by atoms with E-state index in [1.54, 1.807) is 24.6 Å². The van der Waals surface area contributed by atoms with Crippen molar-refractivity contribution < 1.29 is 14.3 Å². The average Bonchev–Trinajstić information content (AvgIpc) is 3.48. The van der Waals surface area contributed by atoms with Gasteiger partial charge < -0.3 is 24.8 Å². The number of hydrogen-bond donors (Lipinski definition) is 1. The Morgan fingerprint density at radius 1 is 1.03 bits per heavy atom. The Morgan fingerprint density at radius 2 is 1.82 bits per heavy atom. The molecule has 4 heterocycles. The fourth-order valence-corrected chi connectivity index (χ4v) is 5.97. The highest BCUT2D eigenvalue weighted by molar-refractivity contribution is 7.09. The summed E-state index contributed by atoms with van der Waals surface area (Å²) in [5.74, 6) is 1.92. The third kappa shape index (κ3) is 6.24. The van der Waals surface area contributed by atoms with E-state index in [2.05, 4.69) is 20.2 Å². The number of methoxy groups -OCH3 is 1. The highest BCUT2D eigenvalue weighted by Gasteiger charge is 2.30. The molecular weight excluding hydrogens is 500 g/mol. The second-order valence-electron chi connectivity index (χ2n) is 9.63. The maximum absolute atomic E-state index is 13.1. The number of benzene rings is 1. The number of likely N-dealkylation sites (tertiary alicyclic amines) is 1. The molecule has 1 aromatic carbocycles. The van der Waals surface area contributed by atoms with Crippen LogP contribution in [0.3, 0.4) is 0 Å². The van der Waals surface area contributed by atoms with Crippen LogP contribution >= 0.6 is 11.3 Å². The maximum atomic E-state index is 13.1. The van der Waals surface area contributed by atoms with Crippen molar-refractivity contribution in [3.05, 3.63) is 70.3 Å². The molecule has 3 aromatic rings. The van der Waals surface area contributed by atoms with Gasteiger partial charge in [0.25, 0.3) is 5.91 Å². The van der Waals surface area contributed by atoms with Crippen LogP contribution in [-0.4, -0.2) is 84.6 Å². The first-order valence-electron chi connectivity index (χ1n) is 13.2. The van der Waals surface area contributed by atoms with Crippen molar-refractivity contribution in [1.29, 1.82) is 0 Å². The number of rotatable bonds is 7. The van der Waals surface area contributed by atoms with E-state index in [0.29, 0.717) is 38.4 Å². The average molecular weight is 535 g/mol. The van der Waals surface area contributed by atoms with Crippen molar-refractivity contribution in [2.75, 3.05) is 57.8 Å². The Kier molecular flexibility index (Phi) is 8.37. The fourth-order valence-electron chi connectivity index (χ4n) is 5.00. The number of nitrogens with one attached hydrogen (secondary N) is 1.